The summed E-state index contributed by atoms with van der Waals surface area (Å²) in [5, 5.41) is 11.7. The summed E-state index contributed by atoms with van der Waals surface area (Å²) in [6, 6.07) is 5.43. The van der Waals surface area contributed by atoms with E-state index in [1.165, 1.54) is 0 Å². The molecule has 5 heteroatoms. The first-order valence-electron chi connectivity index (χ1n) is 7.10. The Kier molecular flexibility index (Phi) is 6.88. The van der Waals surface area contributed by atoms with Crippen LogP contribution in [-0.4, -0.2) is 34.4 Å². The lowest BCUT2D eigenvalue weighted by Gasteiger charge is -2.22. The fraction of sp³-hybridized carbons (Fsp3) is 0.500. The van der Waals surface area contributed by atoms with Crippen molar-refractivity contribution in [2.24, 2.45) is 0 Å². The van der Waals surface area contributed by atoms with Crippen LogP contribution in [0.4, 0.5) is 4.79 Å². The molecule has 1 aromatic rings. The molecule has 0 saturated heterocycles. The van der Waals surface area contributed by atoms with Crippen molar-refractivity contribution < 1.29 is 14.6 Å². The van der Waals surface area contributed by atoms with E-state index in [0.29, 0.717) is 12.8 Å². The van der Waals surface area contributed by atoms with E-state index < -0.39 is 11.7 Å². The standard InChI is InChI=1S/C16H24N2O3/c1-16(2,3)21-15(20)18-14(8-6-12-19)10-9-13-7-4-5-11-17-13/h4-5,7,9-11,14,19H,6,8,12H2,1-3H3,(H,18,20)/b10-9+/t14-/m0/s1. The summed E-state index contributed by atoms with van der Waals surface area (Å²) in [4.78, 5) is 16.0. The van der Waals surface area contributed by atoms with Crippen LogP contribution < -0.4 is 5.32 Å². The zero-order valence-electron chi connectivity index (χ0n) is 12.9. The van der Waals surface area contributed by atoms with Crippen LogP contribution in [0.25, 0.3) is 6.08 Å². The molecule has 0 aromatic carbocycles. The number of ether oxygens (including phenoxy) is 1. The van der Waals surface area contributed by atoms with E-state index in [1.54, 1.807) is 6.20 Å². The van der Waals surface area contributed by atoms with Crippen molar-refractivity contribution in [2.75, 3.05) is 6.61 Å². The first-order valence-corrected chi connectivity index (χ1v) is 7.10. The normalized spacial score (nSPS) is 13.1. The topological polar surface area (TPSA) is 71.5 Å². The van der Waals surface area contributed by atoms with Crippen LogP contribution >= 0.6 is 0 Å². The lowest BCUT2D eigenvalue weighted by atomic mass is 10.1. The maximum absolute atomic E-state index is 11.8. The average Bonchev–Trinajstić information content (AvgIpc) is 2.41. The van der Waals surface area contributed by atoms with Gasteiger partial charge in [0.2, 0.25) is 0 Å². The van der Waals surface area contributed by atoms with Gasteiger partial charge in [0.05, 0.1) is 11.7 Å². The number of carbonyl (C=O) groups excluding carboxylic acids is 1. The van der Waals surface area contributed by atoms with Crippen molar-refractivity contribution in [1.29, 1.82) is 0 Å². The van der Waals surface area contributed by atoms with Crippen LogP contribution in [0.15, 0.2) is 30.5 Å². The van der Waals surface area contributed by atoms with Gasteiger partial charge in [-0.3, -0.25) is 4.98 Å². The molecule has 0 saturated carbocycles. The zero-order valence-corrected chi connectivity index (χ0v) is 12.9. The number of carbonyl (C=O) groups is 1. The molecule has 1 amide bonds. The van der Waals surface area contributed by atoms with Gasteiger partial charge in [-0.05, 0) is 51.8 Å². The molecule has 1 aromatic heterocycles. The van der Waals surface area contributed by atoms with Gasteiger partial charge in [-0.15, -0.1) is 0 Å². The molecule has 0 unspecified atom stereocenters. The molecule has 0 aliphatic rings. The van der Waals surface area contributed by atoms with E-state index in [2.05, 4.69) is 10.3 Å². The van der Waals surface area contributed by atoms with Gasteiger partial charge in [-0.2, -0.15) is 0 Å². The van der Waals surface area contributed by atoms with Crippen molar-refractivity contribution in [3.63, 3.8) is 0 Å². The van der Waals surface area contributed by atoms with E-state index in [1.807, 2.05) is 51.1 Å². The first kappa shape index (κ1) is 17.2. The summed E-state index contributed by atoms with van der Waals surface area (Å²) >= 11 is 0. The highest BCUT2D eigenvalue weighted by Crippen LogP contribution is 2.09. The Bertz CT molecular complexity index is 452. The molecule has 0 aliphatic carbocycles. The lowest BCUT2D eigenvalue weighted by molar-refractivity contribution is 0.0511. The molecular formula is C16H24N2O3. The Morgan fingerprint density at radius 1 is 1.48 bits per heavy atom. The fourth-order valence-electron chi connectivity index (χ4n) is 1.68. The molecule has 1 atom stereocenters. The summed E-state index contributed by atoms with van der Waals surface area (Å²) < 4.78 is 5.24. The number of nitrogens with one attached hydrogen (secondary N) is 1. The summed E-state index contributed by atoms with van der Waals surface area (Å²) in [6.45, 7) is 5.54. The summed E-state index contributed by atoms with van der Waals surface area (Å²) in [5.41, 5.74) is 0.286. The van der Waals surface area contributed by atoms with Crippen LogP contribution in [0.5, 0.6) is 0 Å². The largest absolute Gasteiger partial charge is 0.444 e. The monoisotopic (exact) mass is 292 g/mol. The van der Waals surface area contributed by atoms with Crippen LogP contribution in [0.2, 0.25) is 0 Å². The molecular weight excluding hydrogens is 268 g/mol. The number of aromatic nitrogens is 1. The number of aliphatic hydroxyl groups excluding tert-OH is 1. The van der Waals surface area contributed by atoms with E-state index in [-0.39, 0.29) is 12.6 Å². The van der Waals surface area contributed by atoms with Gasteiger partial charge in [-0.1, -0.05) is 12.1 Å². The number of alkyl carbamates (subject to hydrolysis) is 1. The van der Waals surface area contributed by atoms with Crippen molar-refractivity contribution in [1.82, 2.24) is 10.3 Å². The summed E-state index contributed by atoms with van der Waals surface area (Å²) in [5.74, 6) is 0. The first-order chi connectivity index (χ1) is 9.90. The molecule has 1 heterocycles. The molecule has 5 nitrogen and oxygen atoms in total. The SMILES string of the molecule is CC(C)(C)OC(=O)N[C@H](/C=C/c1ccccn1)CCCO. The van der Waals surface area contributed by atoms with Gasteiger partial charge < -0.3 is 15.2 Å². The second kappa shape index (κ2) is 8.42. The highest BCUT2D eigenvalue weighted by atomic mass is 16.6. The Morgan fingerprint density at radius 3 is 2.81 bits per heavy atom. The van der Waals surface area contributed by atoms with Crippen molar-refractivity contribution in [3.05, 3.63) is 36.2 Å². The van der Waals surface area contributed by atoms with Gasteiger partial charge in [-0.25, -0.2) is 4.79 Å². The lowest BCUT2D eigenvalue weighted by Crippen LogP contribution is -2.38. The minimum atomic E-state index is -0.531. The number of nitrogens with zero attached hydrogens (tertiary/aromatic N) is 1. The number of aliphatic hydroxyl groups is 1. The maximum atomic E-state index is 11.8. The smallest absolute Gasteiger partial charge is 0.408 e. The van der Waals surface area contributed by atoms with Crippen molar-refractivity contribution >= 4 is 12.2 Å². The van der Waals surface area contributed by atoms with Crippen LogP contribution in [0, 0.1) is 0 Å². The zero-order chi connectivity index (χ0) is 15.7. The number of rotatable bonds is 6. The number of hydrogen-bond acceptors (Lipinski definition) is 4. The maximum Gasteiger partial charge on any atom is 0.408 e. The molecule has 0 radical (unpaired) electrons. The molecule has 21 heavy (non-hydrogen) atoms. The minimum absolute atomic E-state index is 0.0872. The Morgan fingerprint density at radius 2 is 2.24 bits per heavy atom. The third-order valence-electron chi connectivity index (χ3n) is 2.56. The minimum Gasteiger partial charge on any atom is -0.444 e. The number of pyridine rings is 1. The van der Waals surface area contributed by atoms with Gasteiger partial charge >= 0.3 is 6.09 Å². The third kappa shape index (κ3) is 8.09. The van der Waals surface area contributed by atoms with E-state index >= 15 is 0 Å². The molecule has 116 valence electrons. The van der Waals surface area contributed by atoms with Crippen molar-refractivity contribution in [2.45, 2.75) is 45.3 Å². The quantitative estimate of drug-likeness (QED) is 0.845. The number of hydrogen-bond donors (Lipinski definition) is 2. The van der Waals surface area contributed by atoms with Gasteiger partial charge in [0, 0.05) is 12.8 Å². The van der Waals surface area contributed by atoms with Crippen LogP contribution in [0.1, 0.15) is 39.3 Å². The predicted octanol–water partition coefficient (Wildman–Crippen LogP) is 2.76. The van der Waals surface area contributed by atoms with Gasteiger partial charge in [0.15, 0.2) is 0 Å². The molecule has 0 fully saturated rings. The molecule has 0 aliphatic heterocycles. The second-order valence-electron chi connectivity index (χ2n) is 5.73. The van der Waals surface area contributed by atoms with Gasteiger partial charge in [0.25, 0.3) is 0 Å². The predicted molar refractivity (Wildman–Crippen MR) is 82.7 cm³/mol. The van der Waals surface area contributed by atoms with E-state index in [9.17, 15) is 4.79 Å². The molecule has 0 bridgehead atoms. The highest BCUT2D eigenvalue weighted by molar-refractivity contribution is 5.68. The third-order valence-corrected chi connectivity index (χ3v) is 2.56. The van der Waals surface area contributed by atoms with Crippen molar-refractivity contribution in [3.8, 4) is 0 Å². The second-order valence-corrected chi connectivity index (χ2v) is 5.73. The molecule has 0 spiro atoms. The fourth-order valence-corrected chi connectivity index (χ4v) is 1.68. The number of amides is 1. The Balaban J connectivity index is 2.63. The Hall–Kier alpha value is -1.88. The molecule has 1 rings (SSSR count). The highest BCUT2D eigenvalue weighted by Gasteiger charge is 2.18. The molecule has 2 N–H and O–H groups in total. The van der Waals surface area contributed by atoms with E-state index in [0.717, 1.165) is 5.69 Å². The average molecular weight is 292 g/mol. The van der Waals surface area contributed by atoms with Gasteiger partial charge in [0.1, 0.15) is 5.60 Å². The van der Waals surface area contributed by atoms with E-state index in [4.69, 9.17) is 9.84 Å². The Labute approximate surface area is 126 Å². The summed E-state index contributed by atoms with van der Waals surface area (Å²) in [6.07, 6.45) is 6.20. The summed E-state index contributed by atoms with van der Waals surface area (Å²) in [7, 11) is 0. The van der Waals surface area contributed by atoms with Crippen LogP contribution in [0.3, 0.4) is 0 Å². The van der Waals surface area contributed by atoms with Crippen LogP contribution in [-0.2, 0) is 4.74 Å².